The van der Waals surface area contributed by atoms with Gasteiger partial charge in [0.15, 0.2) is 22.0 Å². The molecule has 1 N–H and O–H groups in total. The van der Waals surface area contributed by atoms with E-state index in [4.69, 9.17) is 26.1 Å². The van der Waals surface area contributed by atoms with Crippen LogP contribution in [0.4, 0.5) is 11.4 Å². The first kappa shape index (κ1) is 25.7. The minimum absolute atomic E-state index is 0.483. The van der Waals surface area contributed by atoms with Gasteiger partial charge in [-0.2, -0.15) is 0 Å². The highest BCUT2D eigenvalue weighted by atomic mass is 32.1. The summed E-state index contributed by atoms with van der Waals surface area (Å²) in [4.78, 5) is 6.36. The van der Waals surface area contributed by atoms with Crippen molar-refractivity contribution in [3.8, 4) is 23.0 Å². The van der Waals surface area contributed by atoms with Crippen LogP contribution in [0.1, 0.15) is 20.8 Å². The Morgan fingerprint density at radius 2 is 1.82 bits per heavy atom. The normalized spacial score (nSPS) is 11.0. The zero-order valence-electron chi connectivity index (χ0n) is 20.0. The van der Waals surface area contributed by atoms with Gasteiger partial charge in [0.25, 0.3) is 0 Å². The SMILES string of the molecule is C=c1nc(-c2ccccc2N(C)C(=S)Nc2ccc(OC)c(OC)c2)o/c1=C/C=C\C.CC. The van der Waals surface area contributed by atoms with Gasteiger partial charge in [-0.25, -0.2) is 4.98 Å². The molecule has 174 valence electrons. The number of benzene rings is 2. The fourth-order valence-corrected chi connectivity index (χ4v) is 3.19. The van der Waals surface area contributed by atoms with Gasteiger partial charge in [0.05, 0.1) is 25.5 Å². The van der Waals surface area contributed by atoms with Crippen molar-refractivity contribution in [3.63, 3.8) is 0 Å². The molecule has 0 unspecified atom stereocenters. The number of oxazole rings is 1. The number of hydrogen-bond acceptors (Lipinski definition) is 5. The van der Waals surface area contributed by atoms with Gasteiger partial charge in [-0.05, 0) is 49.5 Å². The topological polar surface area (TPSA) is 59.8 Å². The first-order valence-corrected chi connectivity index (χ1v) is 11.0. The molecule has 0 aliphatic heterocycles. The molecule has 1 heterocycles. The number of rotatable bonds is 6. The number of hydrogen-bond donors (Lipinski definition) is 1. The third kappa shape index (κ3) is 6.23. The Hall–Kier alpha value is -3.58. The quantitative estimate of drug-likeness (QED) is 0.515. The highest BCUT2D eigenvalue weighted by Crippen LogP contribution is 2.31. The Kier molecular flexibility index (Phi) is 9.69. The second kappa shape index (κ2) is 12.5. The standard InChI is InChI=1S/C24H25N3O3S.C2H6/c1-6-7-12-20-16(2)25-23(30-20)18-10-8-9-11-19(18)27(3)24(31)26-17-13-14-21(28-4)22(15-17)29-5;1-2/h6-15H,2H2,1,3-5H3,(H,26,31);1-2H3/b7-6-,20-12+;. The van der Waals surface area contributed by atoms with Crippen molar-refractivity contribution < 1.29 is 13.9 Å². The summed E-state index contributed by atoms with van der Waals surface area (Å²) in [6, 6.07) is 13.3. The highest BCUT2D eigenvalue weighted by Gasteiger charge is 2.16. The molecular formula is C26H31N3O3S. The zero-order chi connectivity index (χ0) is 24.4. The molecule has 0 atom stereocenters. The number of aromatic nitrogens is 1. The minimum atomic E-state index is 0.483. The molecule has 0 bridgehead atoms. The van der Waals surface area contributed by atoms with Crippen LogP contribution in [-0.4, -0.2) is 31.4 Å². The van der Waals surface area contributed by atoms with Gasteiger partial charge in [-0.3, -0.25) is 0 Å². The van der Waals surface area contributed by atoms with E-state index >= 15 is 0 Å². The number of anilines is 2. The second-order valence-corrected chi connectivity index (χ2v) is 6.99. The molecule has 0 radical (unpaired) electrons. The van der Waals surface area contributed by atoms with Crippen LogP contribution in [0.5, 0.6) is 11.5 Å². The smallest absolute Gasteiger partial charge is 0.229 e. The summed E-state index contributed by atoms with van der Waals surface area (Å²) < 4.78 is 16.6. The Labute approximate surface area is 200 Å². The number of allylic oxidation sites excluding steroid dienone is 2. The van der Waals surface area contributed by atoms with Crippen LogP contribution in [0.25, 0.3) is 24.1 Å². The summed E-state index contributed by atoms with van der Waals surface area (Å²) in [7, 11) is 5.08. The lowest BCUT2D eigenvalue weighted by molar-refractivity contribution is 0.355. The Balaban J connectivity index is 0.00000187. The molecule has 0 saturated carbocycles. The van der Waals surface area contributed by atoms with Crippen LogP contribution >= 0.6 is 12.2 Å². The summed E-state index contributed by atoms with van der Waals surface area (Å²) in [6.07, 6.45) is 5.65. The molecular weight excluding hydrogens is 434 g/mol. The van der Waals surface area contributed by atoms with Gasteiger partial charge in [0, 0.05) is 18.8 Å². The molecule has 0 spiro atoms. The summed E-state index contributed by atoms with van der Waals surface area (Å²) in [5.41, 5.74) is 3.06. The third-order valence-electron chi connectivity index (χ3n) is 4.60. The van der Waals surface area contributed by atoms with E-state index in [1.54, 1.807) is 14.2 Å². The van der Waals surface area contributed by atoms with Crippen LogP contribution in [-0.2, 0) is 0 Å². The predicted octanol–water partition coefficient (Wildman–Crippen LogP) is 4.99. The number of para-hydroxylation sites is 1. The summed E-state index contributed by atoms with van der Waals surface area (Å²) >= 11 is 5.64. The van der Waals surface area contributed by atoms with Crippen LogP contribution in [0.2, 0.25) is 0 Å². The van der Waals surface area contributed by atoms with Crippen LogP contribution < -0.4 is 30.5 Å². The molecule has 1 aromatic heterocycles. The predicted molar refractivity (Wildman–Crippen MR) is 142 cm³/mol. The van der Waals surface area contributed by atoms with E-state index in [0.717, 1.165) is 16.9 Å². The molecule has 3 aromatic rings. The van der Waals surface area contributed by atoms with Gasteiger partial charge >= 0.3 is 0 Å². The summed E-state index contributed by atoms with van der Waals surface area (Å²) in [5, 5.41) is 4.31. The molecule has 2 aromatic carbocycles. The molecule has 6 nitrogen and oxygen atoms in total. The van der Waals surface area contributed by atoms with Gasteiger partial charge in [0.2, 0.25) is 5.89 Å². The third-order valence-corrected chi connectivity index (χ3v) is 4.98. The average molecular weight is 466 g/mol. The molecule has 0 amide bonds. The fraction of sp³-hybridized carbons (Fsp3) is 0.231. The average Bonchev–Trinajstić information content (AvgIpc) is 3.23. The highest BCUT2D eigenvalue weighted by molar-refractivity contribution is 7.80. The van der Waals surface area contributed by atoms with Gasteiger partial charge < -0.3 is 24.1 Å². The second-order valence-electron chi connectivity index (χ2n) is 6.60. The van der Waals surface area contributed by atoms with E-state index in [2.05, 4.69) is 16.9 Å². The number of nitrogens with one attached hydrogen (secondary N) is 1. The molecule has 7 heteroatoms. The fourth-order valence-electron chi connectivity index (χ4n) is 2.97. The van der Waals surface area contributed by atoms with Crippen LogP contribution in [0.3, 0.4) is 0 Å². The number of thiocarbonyl (C=S) groups is 1. The largest absolute Gasteiger partial charge is 0.493 e. The number of methoxy groups -OCH3 is 2. The monoisotopic (exact) mass is 465 g/mol. The Bertz CT molecular complexity index is 1220. The summed E-state index contributed by atoms with van der Waals surface area (Å²) in [5.74, 6) is 1.75. The molecule has 0 aliphatic carbocycles. The lowest BCUT2D eigenvalue weighted by Gasteiger charge is -2.23. The van der Waals surface area contributed by atoms with Gasteiger partial charge in [-0.15, -0.1) is 0 Å². The van der Waals surface area contributed by atoms with Crippen molar-refractivity contribution in [1.82, 2.24) is 4.98 Å². The molecule has 0 saturated heterocycles. The maximum atomic E-state index is 5.95. The van der Waals surface area contributed by atoms with Crippen molar-refractivity contribution in [1.29, 1.82) is 0 Å². The van der Waals surface area contributed by atoms with Crippen LogP contribution in [0.15, 0.2) is 59.0 Å². The minimum Gasteiger partial charge on any atom is -0.493 e. The van der Waals surface area contributed by atoms with E-state index in [9.17, 15) is 0 Å². The molecule has 3 rings (SSSR count). The van der Waals surface area contributed by atoms with E-state index in [-0.39, 0.29) is 0 Å². The van der Waals surface area contributed by atoms with Crippen molar-refractivity contribution in [2.24, 2.45) is 0 Å². The van der Waals surface area contributed by atoms with Crippen molar-refractivity contribution in [3.05, 3.63) is 65.4 Å². The Morgan fingerprint density at radius 3 is 2.48 bits per heavy atom. The number of ether oxygens (including phenoxy) is 2. The van der Waals surface area contributed by atoms with E-state index in [0.29, 0.717) is 33.3 Å². The van der Waals surface area contributed by atoms with Crippen molar-refractivity contribution in [2.45, 2.75) is 20.8 Å². The molecule has 0 fully saturated rings. The van der Waals surface area contributed by atoms with Crippen molar-refractivity contribution in [2.75, 3.05) is 31.5 Å². The summed E-state index contributed by atoms with van der Waals surface area (Å²) in [6.45, 7) is 9.91. The Morgan fingerprint density at radius 1 is 1.12 bits per heavy atom. The maximum absolute atomic E-state index is 5.95. The number of nitrogens with zero attached hydrogens (tertiary/aromatic N) is 2. The van der Waals surface area contributed by atoms with E-state index in [1.807, 2.05) is 93.4 Å². The van der Waals surface area contributed by atoms with Crippen LogP contribution in [0, 0.1) is 0 Å². The zero-order valence-corrected chi connectivity index (χ0v) is 20.8. The molecule has 33 heavy (non-hydrogen) atoms. The lowest BCUT2D eigenvalue weighted by Crippen LogP contribution is -2.31. The van der Waals surface area contributed by atoms with E-state index in [1.165, 1.54) is 0 Å². The van der Waals surface area contributed by atoms with Gasteiger partial charge in [-0.1, -0.05) is 44.7 Å². The lowest BCUT2D eigenvalue weighted by atomic mass is 10.1. The van der Waals surface area contributed by atoms with Gasteiger partial charge in [0.1, 0.15) is 5.35 Å². The first-order chi connectivity index (χ1) is 16.0. The first-order valence-electron chi connectivity index (χ1n) is 10.6. The van der Waals surface area contributed by atoms with E-state index < -0.39 is 0 Å². The van der Waals surface area contributed by atoms with Crippen molar-refractivity contribution >= 4 is 41.4 Å². The maximum Gasteiger partial charge on any atom is 0.229 e. The molecule has 0 aliphatic rings.